The molecular formula is C28H33N3O4. The lowest BCUT2D eigenvalue weighted by molar-refractivity contribution is 0.00142. The largest absolute Gasteiger partial charge is 0.454 e. The van der Waals surface area contributed by atoms with Crippen LogP contribution in [-0.4, -0.2) is 58.8 Å². The fourth-order valence-corrected chi connectivity index (χ4v) is 7.55. The van der Waals surface area contributed by atoms with Gasteiger partial charge in [0, 0.05) is 37.9 Å². The number of fused-ring (bicyclic) bond motifs is 8. The highest BCUT2D eigenvalue weighted by molar-refractivity contribution is 5.98. The number of aryl methyl sites for hydroxylation is 1. The molecule has 1 amide bonds. The standard InChI is InChI=1S/C28H33N3O4/c1-2-29-15-21(27(32)20-12-24-25(13-23(20)29)35-16-34-24)28(33)31-9-5-6-17-10-18-11-19(26(17)31)14-30-8-4-3-7-22(18)30/h10,12-13,15,18-19,22,26H,2-9,11,14,16H2,1H3/t18-,19+,22-,26-/m1/s1. The van der Waals surface area contributed by atoms with Gasteiger partial charge in [-0.3, -0.25) is 14.5 Å². The first kappa shape index (κ1) is 21.5. The molecule has 2 bridgehead atoms. The minimum absolute atomic E-state index is 0.119. The van der Waals surface area contributed by atoms with E-state index >= 15 is 0 Å². The topological polar surface area (TPSA) is 64.0 Å². The number of ether oxygens (including phenoxy) is 2. The number of pyridine rings is 1. The molecule has 5 aliphatic rings. The highest BCUT2D eigenvalue weighted by Gasteiger charge is 2.47. The summed E-state index contributed by atoms with van der Waals surface area (Å²) >= 11 is 0. The molecule has 4 aliphatic heterocycles. The number of hydrogen-bond acceptors (Lipinski definition) is 5. The van der Waals surface area contributed by atoms with E-state index in [0.717, 1.165) is 31.4 Å². The predicted molar refractivity (Wildman–Crippen MR) is 133 cm³/mol. The molecule has 1 aromatic carbocycles. The van der Waals surface area contributed by atoms with E-state index in [1.54, 1.807) is 12.3 Å². The minimum atomic E-state index is -0.211. The Balaban J connectivity index is 1.28. The van der Waals surface area contributed by atoms with Gasteiger partial charge in [0.25, 0.3) is 5.91 Å². The van der Waals surface area contributed by atoms with E-state index in [1.165, 1.54) is 37.8 Å². The van der Waals surface area contributed by atoms with E-state index in [2.05, 4.69) is 11.0 Å². The Morgan fingerprint density at radius 2 is 1.97 bits per heavy atom. The van der Waals surface area contributed by atoms with Crippen LogP contribution in [0.25, 0.3) is 10.9 Å². The number of piperidine rings is 3. The van der Waals surface area contributed by atoms with Crippen molar-refractivity contribution in [3.8, 4) is 11.5 Å². The second kappa shape index (κ2) is 8.12. The molecule has 0 saturated carbocycles. The van der Waals surface area contributed by atoms with Crippen molar-refractivity contribution in [2.45, 2.75) is 64.1 Å². The summed E-state index contributed by atoms with van der Waals surface area (Å²) in [6.45, 7) is 5.82. The average Bonchev–Trinajstić information content (AvgIpc) is 3.35. The molecule has 3 fully saturated rings. The summed E-state index contributed by atoms with van der Waals surface area (Å²) in [5.41, 5.74) is 2.28. The van der Waals surface area contributed by atoms with Crippen LogP contribution >= 0.6 is 0 Å². The van der Waals surface area contributed by atoms with E-state index in [4.69, 9.17) is 9.47 Å². The van der Waals surface area contributed by atoms with Crippen LogP contribution in [0.5, 0.6) is 11.5 Å². The first-order chi connectivity index (χ1) is 17.1. The van der Waals surface area contributed by atoms with Gasteiger partial charge in [-0.15, -0.1) is 0 Å². The Kier molecular flexibility index (Phi) is 4.98. The molecule has 7 heteroatoms. The van der Waals surface area contributed by atoms with Gasteiger partial charge in [0.1, 0.15) is 5.56 Å². The van der Waals surface area contributed by atoms with Gasteiger partial charge in [0.05, 0.1) is 16.9 Å². The number of rotatable bonds is 2. The van der Waals surface area contributed by atoms with Gasteiger partial charge in [-0.2, -0.15) is 0 Å². The first-order valence-electron chi connectivity index (χ1n) is 13.3. The fraction of sp³-hybridized carbons (Fsp3) is 0.571. The number of benzene rings is 1. The third-order valence-electron chi connectivity index (χ3n) is 9.06. The van der Waals surface area contributed by atoms with Crippen molar-refractivity contribution in [3.05, 3.63) is 45.8 Å². The molecule has 0 N–H and O–H groups in total. The van der Waals surface area contributed by atoms with Gasteiger partial charge in [0.2, 0.25) is 12.2 Å². The number of hydrogen-bond donors (Lipinski definition) is 0. The Morgan fingerprint density at radius 3 is 2.83 bits per heavy atom. The second-order valence-corrected chi connectivity index (χ2v) is 10.9. The third-order valence-corrected chi connectivity index (χ3v) is 9.06. The molecule has 35 heavy (non-hydrogen) atoms. The molecule has 5 heterocycles. The molecule has 3 saturated heterocycles. The van der Waals surface area contributed by atoms with Gasteiger partial charge in [-0.25, -0.2) is 0 Å². The van der Waals surface area contributed by atoms with Gasteiger partial charge >= 0.3 is 0 Å². The van der Waals surface area contributed by atoms with Crippen molar-refractivity contribution >= 4 is 16.8 Å². The minimum Gasteiger partial charge on any atom is -0.454 e. The van der Waals surface area contributed by atoms with E-state index in [9.17, 15) is 9.59 Å². The molecule has 7 nitrogen and oxygen atoms in total. The monoisotopic (exact) mass is 475 g/mol. The quantitative estimate of drug-likeness (QED) is 0.619. The molecule has 0 unspecified atom stereocenters. The van der Waals surface area contributed by atoms with Crippen LogP contribution in [0.2, 0.25) is 0 Å². The van der Waals surface area contributed by atoms with E-state index in [1.807, 2.05) is 22.5 Å². The lowest BCUT2D eigenvalue weighted by Crippen LogP contribution is -2.60. The van der Waals surface area contributed by atoms with Gasteiger partial charge in [-0.1, -0.05) is 18.1 Å². The lowest BCUT2D eigenvalue weighted by atomic mass is 9.68. The summed E-state index contributed by atoms with van der Waals surface area (Å²) < 4.78 is 13.1. The Labute approximate surface area is 205 Å². The fourth-order valence-electron chi connectivity index (χ4n) is 7.55. The number of aromatic nitrogens is 1. The number of carbonyl (C=O) groups is 1. The number of carbonyl (C=O) groups excluding carboxylic acids is 1. The van der Waals surface area contributed by atoms with Crippen LogP contribution in [-0.2, 0) is 6.54 Å². The number of amides is 1. The molecular weight excluding hydrogens is 442 g/mol. The molecule has 0 radical (unpaired) electrons. The SMILES string of the molecule is CCn1cc(C(=O)N2CCCC3=C[C@@H]4C[C@@H](CN5CCCC[C@H]45)[C@@H]32)c(=O)c2cc3c(cc21)OCO3. The molecule has 184 valence electrons. The normalized spacial score (nSPS) is 29.5. The second-order valence-electron chi connectivity index (χ2n) is 10.9. The van der Waals surface area contributed by atoms with Crippen molar-refractivity contribution in [2.24, 2.45) is 11.8 Å². The summed E-state index contributed by atoms with van der Waals surface area (Å²) in [5.74, 6) is 2.18. The van der Waals surface area contributed by atoms with Crippen molar-refractivity contribution < 1.29 is 14.3 Å². The first-order valence-corrected chi connectivity index (χ1v) is 13.3. The predicted octanol–water partition coefficient (Wildman–Crippen LogP) is 3.79. The summed E-state index contributed by atoms with van der Waals surface area (Å²) in [6, 6.07) is 4.41. The summed E-state index contributed by atoms with van der Waals surface area (Å²) in [7, 11) is 0. The van der Waals surface area contributed by atoms with Crippen LogP contribution in [0.15, 0.2) is 34.8 Å². The zero-order chi connectivity index (χ0) is 23.7. The van der Waals surface area contributed by atoms with Crippen LogP contribution in [0.1, 0.15) is 55.8 Å². The number of likely N-dealkylation sites (tertiary alicyclic amines) is 1. The smallest absolute Gasteiger partial charge is 0.259 e. The molecule has 7 rings (SSSR count). The summed E-state index contributed by atoms with van der Waals surface area (Å²) in [4.78, 5) is 32.5. The average molecular weight is 476 g/mol. The third kappa shape index (κ3) is 3.27. The van der Waals surface area contributed by atoms with Crippen molar-refractivity contribution in [3.63, 3.8) is 0 Å². The van der Waals surface area contributed by atoms with Crippen LogP contribution in [0.3, 0.4) is 0 Å². The molecule has 1 aliphatic carbocycles. The van der Waals surface area contributed by atoms with E-state index in [0.29, 0.717) is 41.3 Å². The summed E-state index contributed by atoms with van der Waals surface area (Å²) in [5, 5.41) is 0.521. The van der Waals surface area contributed by atoms with Crippen LogP contribution < -0.4 is 14.9 Å². The van der Waals surface area contributed by atoms with E-state index < -0.39 is 0 Å². The van der Waals surface area contributed by atoms with Crippen molar-refractivity contribution in [1.29, 1.82) is 0 Å². The molecule has 4 atom stereocenters. The zero-order valence-corrected chi connectivity index (χ0v) is 20.4. The highest BCUT2D eigenvalue weighted by atomic mass is 16.7. The van der Waals surface area contributed by atoms with Gasteiger partial charge < -0.3 is 18.9 Å². The Morgan fingerprint density at radius 1 is 1.11 bits per heavy atom. The van der Waals surface area contributed by atoms with Crippen molar-refractivity contribution in [1.82, 2.24) is 14.4 Å². The van der Waals surface area contributed by atoms with Gasteiger partial charge in [-0.05, 0) is 63.5 Å². The Bertz CT molecular complexity index is 1300. The molecule has 0 spiro atoms. The molecule has 1 aromatic heterocycles. The van der Waals surface area contributed by atoms with Crippen LogP contribution in [0, 0.1) is 11.8 Å². The highest BCUT2D eigenvalue weighted by Crippen LogP contribution is 2.45. The maximum Gasteiger partial charge on any atom is 0.259 e. The maximum atomic E-state index is 14.1. The lowest BCUT2D eigenvalue weighted by Gasteiger charge is -2.54. The summed E-state index contributed by atoms with van der Waals surface area (Å²) in [6.07, 6.45) is 11.4. The Hall–Kier alpha value is -2.80. The maximum absolute atomic E-state index is 14.1. The van der Waals surface area contributed by atoms with E-state index in [-0.39, 0.29) is 29.7 Å². The zero-order valence-electron chi connectivity index (χ0n) is 20.4. The molecule has 2 aromatic rings. The van der Waals surface area contributed by atoms with Gasteiger partial charge in [0.15, 0.2) is 11.5 Å². The van der Waals surface area contributed by atoms with Crippen LogP contribution in [0.4, 0.5) is 0 Å². The number of nitrogens with zero attached hydrogens (tertiary/aromatic N) is 3. The van der Waals surface area contributed by atoms with Crippen molar-refractivity contribution in [2.75, 3.05) is 26.4 Å².